The van der Waals surface area contributed by atoms with Crippen LogP contribution in [0.3, 0.4) is 0 Å². The molecule has 1 amide bonds. The van der Waals surface area contributed by atoms with Gasteiger partial charge < -0.3 is 10.1 Å². The van der Waals surface area contributed by atoms with Crippen molar-refractivity contribution in [2.24, 2.45) is 0 Å². The van der Waals surface area contributed by atoms with Crippen molar-refractivity contribution in [3.8, 4) is 0 Å². The van der Waals surface area contributed by atoms with Gasteiger partial charge in [0.25, 0.3) is 11.6 Å². The predicted molar refractivity (Wildman–Crippen MR) is 64.2 cm³/mol. The highest BCUT2D eigenvalue weighted by Gasteiger charge is 2.17. The molecule has 6 heteroatoms. The molecule has 1 aromatic rings. The van der Waals surface area contributed by atoms with Gasteiger partial charge in [0, 0.05) is 24.3 Å². The first kappa shape index (κ1) is 12.5. The number of nitrogens with one attached hydrogen (secondary N) is 1. The zero-order chi connectivity index (χ0) is 13.0. The summed E-state index contributed by atoms with van der Waals surface area (Å²) in [5, 5.41) is 13.2. The molecule has 0 spiro atoms. The molecule has 0 bridgehead atoms. The number of carbonyl (C=O) groups is 1. The van der Waals surface area contributed by atoms with Crippen LogP contribution in [0.25, 0.3) is 0 Å². The van der Waals surface area contributed by atoms with E-state index in [4.69, 9.17) is 4.74 Å². The number of hydrogen-bond donors (Lipinski definition) is 1. The molecule has 1 N–H and O–H groups in total. The van der Waals surface area contributed by atoms with E-state index >= 15 is 0 Å². The average molecular weight is 250 g/mol. The summed E-state index contributed by atoms with van der Waals surface area (Å²) in [4.78, 5) is 21.8. The maximum absolute atomic E-state index is 11.8. The molecule has 1 aliphatic heterocycles. The van der Waals surface area contributed by atoms with E-state index < -0.39 is 4.92 Å². The number of nitrogens with zero attached hydrogens (tertiary/aromatic N) is 1. The van der Waals surface area contributed by atoms with Gasteiger partial charge in [-0.2, -0.15) is 0 Å². The third-order valence-corrected chi connectivity index (χ3v) is 2.81. The van der Waals surface area contributed by atoms with Crippen molar-refractivity contribution >= 4 is 11.6 Å². The Morgan fingerprint density at radius 2 is 2.06 bits per heavy atom. The molecular weight excluding hydrogens is 236 g/mol. The van der Waals surface area contributed by atoms with E-state index in [1.54, 1.807) is 0 Å². The van der Waals surface area contributed by atoms with Gasteiger partial charge in [0.1, 0.15) is 6.23 Å². The molecule has 1 aromatic carbocycles. The molecule has 6 nitrogen and oxygen atoms in total. The van der Waals surface area contributed by atoms with Gasteiger partial charge in [-0.05, 0) is 31.4 Å². The Balaban J connectivity index is 1.97. The third kappa shape index (κ3) is 3.04. The highest BCUT2D eigenvalue weighted by molar-refractivity contribution is 5.94. The molecule has 1 aliphatic rings. The van der Waals surface area contributed by atoms with Crippen molar-refractivity contribution in [1.82, 2.24) is 5.32 Å². The molecule has 1 saturated heterocycles. The zero-order valence-electron chi connectivity index (χ0n) is 9.80. The van der Waals surface area contributed by atoms with Crippen LogP contribution >= 0.6 is 0 Å². The number of non-ortho nitro benzene ring substituents is 1. The Bertz CT molecular complexity index is 438. The number of amides is 1. The standard InChI is InChI=1S/C12H14N2O4/c15-12(13-11-3-1-2-8-18-11)9-4-6-10(7-5-9)14(16)17/h4-7,11H,1-3,8H2,(H,13,15). The molecule has 18 heavy (non-hydrogen) atoms. The largest absolute Gasteiger partial charge is 0.359 e. The number of nitro benzene ring substituents is 1. The molecule has 0 aliphatic carbocycles. The Labute approximate surface area is 104 Å². The Morgan fingerprint density at radius 3 is 2.61 bits per heavy atom. The molecule has 1 atom stereocenters. The Morgan fingerprint density at radius 1 is 1.33 bits per heavy atom. The second-order valence-electron chi connectivity index (χ2n) is 4.13. The van der Waals surface area contributed by atoms with E-state index in [9.17, 15) is 14.9 Å². The first-order valence-electron chi connectivity index (χ1n) is 5.84. The van der Waals surface area contributed by atoms with Gasteiger partial charge >= 0.3 is 0 Å². The highest BCUT2D eigenvalue weighted by atomic mass is 16.6. The van der Waals surface area contributed by atoms with Crippen LogP contribution < -0.4 is 5.32 Å². The van der Waals surface area contributed by atoms with E-state index in [2.05, 4.69) is 5.32 Å². The topological polar surface area (TPSA) is 81.5 Å². The number of rotatable bonds is 3. The maximum Gasteiger partial charge on any atom is 0.269 e. The molecule has 1 fully saturated rings. The van der Waals surface area contributed by atoms with Gasteiger partial charge in [0.15, 0.2) is 0 Å². The average Bonchev–Trinajstić information content (AvgIpc) is 2.40. The smallest absolute Gasteiger partial charge is 0.269 e. The number of ether oxygens (including phenoxy) is 1. The lowest BCUT2D eigenvalue weighted by Crippen LogP contribution is -2.38. The fourth-order valence-electron chi connectivity index (χ4n) is 1.82. The Kier molecular flexibility index (Phi) is 3.88. The van der Waals surface area contributed by atoms with E-state index in [1.165, 1.54) is 24.3 Å². The summed E-state index contributed by atoms with van der Waals surface area (Å²) >= 11 is 0. The zero-order valence-corrected chi connectivity index (χ0v) is 9.80. The van der Waals surface area contributed by atoms with E-state index in [1.807, 2.05) is 0 Å². The monoisotopic (exact) mass is 250 g/mol. The van der Waals surface area contributed by atoms with E-state index in [-0.39, 0.29) is 17.8 Å². The number of nitro groups is 1. The fraction of sp³-hybridized carbons (Fsp3) is 0.417. The normalized spacial score (nSPS) is 19.2. The molecule has 96 valence electrons. The van der Waals surface area contributed by atoms with Gasteiger partial charge in [-0.25, -0.2) is 0 Å². The quantitative estimate of drug-likeness (QED) is 0.655. The van der Waals surface area contributed by atoms with E-state index in [0.717, 1.165) is 19.3 Å². The van der Waals surface area contributed by atoms with E-state index in [0.29, 0.717) is 12.2 Å². The van der Waals surface area contributed by atoms with Crippen molar-refractivity contribution in [3.63, 3.8) is 0 Å². The SMILES string of the molecule is O=C(NC1CCCCO1)c1ccc([N+](=O)[O-])cc1. The number of benzene rings is 1. The number of carbonyl (C=O) groups excluding carboxylic acids is 1. The number of hydrogen-bond acceptors (Lipinski definition) is 4. The summed E-state index contributed by atoms with van der Waals surface area (Å²) in [6.45, 7) is 0.658. The van der Waals surface area contributed by atoms with Gasteiger partial charge in [-0.1, -0.05) is 0 Å². The van der Waals surface area contributed by atoms with Crippen molar-refractivity contribution in [3.05, 3.63) is 39.9 Å². The molecule has 0 saturated carbocycles. The molecule has 1 unspecified atom stereocenters. The van der Waals surface area contributed by atoms with Crippen molar-refractivity contribution < 1.29 is 14.5 Å². The Hall–Kier alpha value is -1.95. The second-order valence-corrected chi connectivity index (χ2v) is 4.13. The summed E-state index contributed by atoms with van der Waals surface area (Å²) in [5.74, 6) is -0.267. The van der Waals surface area contributed by atoms with Gasteiger partial charge in [-0.3, -0.25) is 14.9 Å². The van der Waals surface area contributed by atoms with Crippen LogP contribution in [-0.4, -0.2) is 23.7 Å². The van der Waals surface area contributed by atoms with Crippen LogP contribution in [0, 0.1) is 10.1 Å². The summed E-state index contributed by atoms with van der Waals surface area (Å²) in [6, 6.07) is 5.51. The van der Waals surface area contributed by atoms with Crippen LogP contribution in [0.5, 0.6) is 0 Å². The van der Waals surface area contributed by atoms with Crippen LogP contribution in [-0.2, 0) is 4.74 Å². The second kappa shape index (κ2) is 5.59. The van der Waals surface area contributed by atoms with Crippen LogP contribution in [0.1, 0.15) is 29.6 Å². The molecule has 2 rings (SSSR count). The van der Waals surface area contributed by atoms with Gasteiger partial charge in [0.05, 0.1) is 4.92 Å². The summed E-state index contributed by atoms with van der Waals surface area (Å²) < 4.78 is 5.39. The third-order valence-electron chi connectivity index (χ3n) is 2.81. The fourth-order valence-corrected chi connectivity index (χ4v) is 1.82. The molecule has 0 radical (unpaired) electrons. The van der Waals surface area contributed by atoms with Crippen LogP contribution in [0.15, 0.2) is 24.3 Å². The lowest BCUT2D eigenvalue weighted by Gasteiger charge is -2.23. The van der Waals surface area contributed by atoms with Crippen LogP contribution in [0.4, 0.5) is 5.69 Å². The van der Waals surface area contributed by atoms with Crippen molar-refractivity contribution in [2.75, 3.05) is 6.61 Å². The summed E-state index contributed by atoms with van der Waals surface area (Å²) in [7, 11) is 0. The minimum atomic E-state index is -0.494. The van der Waals surface area contributed by atoms with Crippen molar-refractivity contribution in [2.45, 2.75) is 25.5 Å². The van der Waals surface area contributed by atoms with Crippen molar-refractivity contribution in [1.29, 1.82) is 0 Å². The minimum absolute atomic E-state index is 0.0273. The highest BCUT2D eigenvalue weighted by Crippen LogP contribution is 2.14. The first-order chi connectivity index (χ1) is 8.66. The maximum atomic E-state index is 11.8. The van der Waals surface area contributed by atoms with Gasteiger partial charge in [0.2, 0.25) is 0 Å². The lowest BCUT2D eigenvalue weighted by molar-refractivity contribution is -0.384. The summed E-state index contributed by atoms with van der Waals surface area (Å²) in [5.41, 5.74) is 0.371. The molecular formula is C12H14N2O4. The molecule has 0 aromatic heterocycles. The van der Waals surface area contributed by atoms with Gasteiger partial charge in [-0.15, -0.1) is 0 Å². The molecule has 1 heterocycles. The summed E-state index contributed by atoms with van der Waals surface area (Å²) in [6.07, 6.45) is 2.61. The minimum Gasteiger partial charge on any atom is -0.359 e. The van der Waals surface area contributed by atoms with Crippen LogP contribution in [0.2, 0.25) is 0 Å². The first-order valence-corrected chi connectivity index (χ1v) is 5.84. The predicted octanol–water partition coefficient (Wildman–Crippen LogP) is 1.85. The lowest BCUT2D eigenvalue weighted by atomic mass is 10.1.